The normalized spacial score (nSPS) is 19.8. The van der Waals surface area contributed by atoms with Gasteiger partial charge >= 0.3 is 5.97 Å². The van der Waals surface area contributed by atoms with E-state index in [0.29, 0.717) is 6.61 Å². The molecule has 0 unspecified atom stereocenters. The third-order valence-corrected chi connectivity index (χ3v) is 3.96. The van der Waals surface area contributed by atoms with E-state index >= 15 is 0 Å². The molecule has 3 heteroatoms. The van der Waals surface area contributed by atoms with Gasteiger partial charge in [0.05, 0.1) is 12.5 Å². The van der Waals surface area contributed by atoms with Crippen molar-refractivity contribution >= 4 is 5.97 Å². The molecule has 0 radical (unpaired) electrons. The second kappa shape index (κ2) is 7.44. The SMILES string of the molecule is CCOC(=O)[C@H]1CCCN(Cc2ccc(CC)cc2)C1. The molecule has 1 aromatic carbocycles. The lowest BCUT2D eigenvalue weighted by Crippen LogP contribution is -2.38. The van der Waals surface area contributed by atoms with Gasteiger partial charge in [-0.2, -0.15) is 0 Å². The van der Waals surface area contributed by atoms with Crippen molar-refractivity contribution in [2.24, 2.45) is 5.92 Å². The highest BCUT2D eigenvalue weighted by molar-refractivity contribution is 5.72. The van der Waals surface area contributed by atoms with Gasteiger partial charge in [-0.25, -0.2) is 0 Å². The second-order valence-electron chi connectivity index (χ2n) is 5.50. The van der Waals surface area contributed by atoms with Crippen LogP contribution >= 0.6 is 0 Å². The Morgan fingerprint density at radius 3 is 2.60 bits per heavy atom. The molecular formula is C17H25NO2. The van der Waals surface area contributed by atoms with E-state index in [1.54, 1.807) is 0 Å². The fourth-order valence-electron chi connectivity index (χ4n) is 2.79. The molecule has 0 saturated carbocycles. The Morgan fingerprint density at radius 1 is 1.25 bits per heavy atom. The summed E-state index contributed by atoms with van der Waals surface area (Å²) in [5.41, 5.74) is 2.70. The lowest BCUT2D eigenvalue weighted by atomic mass is 9.97. The van der Waals surface area contributed by atoms with Crippen molar-refractivity contribution < 1.29 is 9.53 Å². The zero-order chi connectivity index (χ0) is 14.4. The van der Waals surface area contributed by atoms with Gasteiger partial charge in [0.25, 0.3) is 0 Å². The maximum atomic E-state index is 11.8. The van der Waals surface area contributed by atoms with Crippen molar-refractivity contribution in [3.63, 3.8) is 0 Å². The van der Waals surface area contributed by atoms with Gasteiger partial charge in [0.2, 0.25) is 0 Å². The fourth-order valence-corrected chi connectivity index (χ4v) is 2.79. The predicted octanol–water partition coefficient (Wildman–Crippen LogP) is 3.02. The first kappa shape index (κ1) is 15.0. The van der Waals surface area contributed by atoms with Crippen LogP contribution < -0.4 is 0 Å². The zero-order valence-corrected chi connectivity index (χ0v) is 12.6. The van der Waals surface area contributed by atoms with Gasteiger partial charge in [-0.05, 0) is 43.9 Å². The van der Waals surface area contributed by atoms with Crippen molar-refractivity contribution in [3.05, 3.63) is 35.4 Å². The molecule has 1 aliphatic rings. The molecule has 3 nitrogen and oxygen atoms in total. The topological polar surface area (TPSA) is 29.5 Å². The van der Waals surface area contributed by atoms with Crippen LogP contribution in [0.15, 0.2) is 24.3 Å². The summed E-state index contributed by atoms with van der Waals surface area (Å²) < 4.78 is 5.14. The van der Waals surface area contributed by atoms with Gasteiger partial charge in [-0.3, -0.25) is 9.69 Å². The average Bonchev–Trinajstić information content (AvgIpc) is 2.48. The predicted molar refractivity (Wildman–Crippen MR) is 80.5 cm³/mol. The van der Waals surface area contributed by atoms with Crippen LogP contribution in [0.1, 0.15) is 37.8 Å². The lowest BCUT2D eigenvalue weighted by Gasteiger charge is -2.31. The molecule has 1 heterocycles. The van der Waals surface area contributed by atoms with Gasteiger partial charge in [0, 0.05) is 13.1 Å². The maximum absolute atomic E-state index is 11.8. The quantitative estimate of drug-likeness (QED) is 0.774. The monoisotopic (exact) mass is 275 g/mol. The van der Waals surface area contributed by atoms with Gasteiger partial charge in [0.15, 0.2) is 0 Å². The van der Waals surface area contributed by atoms with Crippen LogP contribution in [-0.2, 0) is 22.5 Å². The van der Waals surface area contributed by atoms with Gasteiger partial charge in [-0.1, -0.05) is 31.2 Å². The number of carbonyl (C=O) groups is 1. The third kappa shape index (κ3) is 4.07. The number of hydrogen-bond donors (Lipinski definition) is 0. The molecule has 1 saturated heterocycles. The largest absolute Gasteiger partial charge is 0.466 e. The molecule has 0 N–H and O–H groups in total. The van der Waals surface area contributed by atoms with Gasteiger partial charge in [-0.15, -0.1) is 0 Å². The third-order valence-electron chi connectivity index (χ3n) is 3.96. The molecule has 110 valence electrons. The summed E-state index contributed by atoms with van der Waals surface area (Å²) in [5.74, 6) is 0.0251. The van der Waals surface area contributed by atoms with E-state index in [-0.39, 0.29) is 11.9 Å². The Balaban J connectivity index is 1.90. The minimum Gasteiger partial charge on any atom is -0.466 e. The number of ether oxygens (including phenoxy) is 1. The van der Waals surface area contributed by atoms with Crippen molar-refractivity contribution in [2.45, 2.75) is 39.7 Å². The molecule has 0 aromatic heterocycles. The van der Waals surface area contributed by atoms with Crippen molar-refractivity contribution in [1.29, 1.82) is 0 Å². The van der Waals surface area contributed by atoms with E-state index in [0.717, 1.165) is 38.9 Å². The molecule has 0 aliphatic carbocycles. The number of nitrogens with zero attached hydrogens (tertiary/aromatic N) is 1. The molecule has 1 atom stereocenters. The molecule has 1 aliphatic heterocycles. The zero-order valence-electron chi connectivity index (χ0n) is 12.6. The van der Waals surface area contributed by atoms with E-state index in [4.69, 9.17) is 4.74 Å². The Kier molecular flexibility index (Phi) is 5.60. The first-order valence-electron chi connectivity index (χ1n) is 7.69. The summed E-state index contributed by atoms with van der Waals surface area (Å²) in [6.07, 6.45) is 3.12. The lowest BCUT2D eigenvalue weighted by molar-refractivity contribution is -0.150. The number of hydrogen-bond acceptors (Lipinski definition) is 3. The van der Waals surface area contributed by atoms with Crippen LogP contribution in [0.3, 0.4) is 0 Å². The minimum absolute atomic E-state index is 0.0291. The first-order valence-corrected chi connectivity index (χ1v) is 7.69. The Labute approximate surface area is 121 Å². The molecule has 0 spiro atoms. The molecule has 1 fully saturated rings. The van der Waals surface area contributed by atoms with Crippen molar-refractivity contribution in [3.8, 4) is 0 Å². The molecule has 2 rings (SSSR count). The summed E-state index contributed by atoms with van der Waals surface area (Å²) in [4.78, 5) is 14.2. The highest BCUT2D eigenvalue weighted by atomic mass is 16.5. The number of esters is 1. The molecule has 0 bridgehead atoms. The first-order chi connectivity index (χ1) is 9.72. The molecule has 0 amide bonds. The number of carbonyl (C=O) groups excluding carboxylic acids is 1. The maximum Gasteiger partial charge on any atom is 0.310 e. The van der Waals surface area contributed by atoms with Crippen LogP contribution in [0.4, 0.5) is 0 Å². The average molecular weight is 275 g/mol. The summed E-state index contributed by atoms with van der Waals surface area (Å²) in [6, 6.07) is 8.80. The van der Waals surface area contributed by atoms with Crippen LogP contribution in [0, 0.1) is 5.92 Å². The minimum atomic E-state index is -0.0291. The van der Waals surface area contributed by atoms with E-state index in [1.165, 1.54) is 11.1 Å². The van der Waals surface area contributed by atoms with E-state index in [1.807, 2.05) is 6.92 Å². The summed E-state index contributed by atoms with van der Waals surface area (Å²) in [6.45, 7) is 7.35. The van der Waals surface area contributed by atoms with E-state index < -0.39 is 0 Å². The molecule has 20 heavy (non-hydrogen) atoms. The number of benzene rings is 1. The van der Waals surface area contributed by atoms with Crippen LogP contribution in [0.2, 0.25) is 0 Å². The standard InChI is InChI=1S/C17H25NO2/c1-3-14-7-9-15(10-8-14)12-18-11-5-6-16(13-18)17(19)20-4-2/h7-10,16H,3-6,11-13H2,1-2H3/t16-/m0/s1. The highest BCUT2D eigenvalue weighted by Crippen LogP contribution is 2.20. The Hall–Kier alpha value is -1.35. The van der Waals surface area contributed by atoms with Crippen LogP contribution in [-0.4, -0.2) is 30.6 Å². The van der Waals surface area contributed by atoms with E-state index in [2.05, 4.69) is 36.1 Å². The Morgan fingerprint density at radius 2 is 1.95 bits per heavy atom. The van der Waals surface area contributed by atoms with Gasteiger partial charge in [0.1, 0.15) is 0 Å². The second-order valence-corrected chi connectivity index (χ2v) is 5.50. The van der Waals surface area contributed by atoms with Crippen molar-refractivity contribution in [1.82, 2.24) is 4.90 Å². The fraction of sp³-hybridized carbons (Fsp3) is 0.588. The summed E-state index contributed by atoms with van der Waals surface area (Å²) in [5, 5.41) is 0. The smallest absolute Gasteiger partial charge is 0.310 e. The molecular weight excluding hydrogens is 250 g/mol. The van der Waals surface area contributed by atoms with Gasteiger partial charge < -0.3 is 4.74 Å². The number of likely N-dealkylation sites (tertiary alicyclic amines) is 1. The summed E-state index contributed by atoms with van der Waals surface area (Å²) >= 11 is 0. The number of rotatable bonds is 5. The molecule has 1 aromatic rings. The summed E-state index contributed by atoms with van der Waals surface area (Å²) in [7, 11) is 0. The van der Waals surface area contributed by atoms with Crippen LogP contribution in [0.25, 0.3) is 0 Å². The van der Waals surface area contributed by atoms with E-state index in [9.17, 15) is 4.79 Å². The van der Waals surface area contributed by atoms with Crippen LogP contribution in [0.5, 0.6) is 0 Å². The number of piperidine rings is 1. The Bertz CT molecular complexity index is 427. The van der Waals surface area contributed by atoms with Crippen molar-refractivity contribution in [2.75, 3.05) is 19.7 Å². The number of aryl methyl sites for hydroxylation is 1. The highest BCUT2D eigenvalue weighted by Gasteiger charge is 2.26.